The number of fused-ring (bicyclic) bond motifs is 4. The smallest absolute Gasteiger partial charge is 0.188 e. The number of rotatable bonds is 2. The van der Waals surface area contributed by atoms with E-state index in [0.29, 0.717) is 5.11 Å². The molecule has 0 unspecified atom stereocenters. The van der Waals surface area contributed by atoms with Gasteiger partial charge < -0.3 is 14.8 Å². The maximum Gasteiger partial charge on any atom is 0.188 e. The number of methoxy groups -OCH3 is 1. The second kappa shape index (κ2) is 5.38. The Bertz CT molecular complexity index is 823. The van der Waals surface area contributed by atoms with Crippen molar-refractivity contribution < 1.29 is 9.47 Å². The van der Waals surface area contributed by atoms with E-state index in [1.165, 1.54) is 11.1 Å². The number of benzene rings is 2. The molecule has 1 N–H and O–H groups in total. The topological polar surface area (TPSA) is 33.7 Å². The fourth-order valence-corrected chi connectivity index (χ4v) is 4.11. The molecule has 0 saturated carbocycles. The molecule has 2 aromatic rings. The van der Waals surface area contributed by atoms with Crippen molar-refractivity contribution in [2.45, 2.75) is 32.0 Å². The van der Waals surface area contributed by atoms with Crippen molar-refractivity contribution in [3.05, 3.63) is 53.6 Å². The molecule has 0 aromatic heterocycles. The third-order valence-electron chi connectivity index (χ3n) is 4.75. The molecule has 0 radical (unpaired) electrons. The fourth-order valence-electron chi connectivity index (χ4n) is 3.67. The second-order valence-corrected chi connectivity index (χ2v) is 6.92. The van der Waals surface area contributed by atoms with E-state index in [0.717, 1.165) is 23.6 Å². The SMILES string of the molecule is COc1ccccc1N1C(=S)N[C@H]2C[C@@]1(C)Oc1ccc(C)cc12. The van der Waals surface area contributed by atoms with Crippen LogP contribution in [0.5, 0.6) is 11.5 Å². The number of aryl methyl sites for hydroxylation is 1. The Morgan fingerprint density at radius 1 is 1.29 bits per heavy atom. The lowest BCUT2D eigenvalue weighted by Gasteiger charge is -2.52. The molecule has 4 rings (SSSR count). The summed E-state index contributed by atoms with van der Waals surface area (Å²) in [5.41, 5.74) is 2.76. The summed E-state index contributed by atoms with van der Waals surface area (Å²) >= 11 is 5.68. The first kappa shape index (κ1) is 15.3. The van der Waals surface area contributed by atoms with Crippen LogP contribution in [-0.2, 0) is 0 Å². The van der Waals surface area contributed by atoms with Crippen LogP contribution in [0.2, 0.25) is 0 Å². The Morgan fingerprint density at radius 3 is 2.88 bits per heavy atom. The minimum Gasteiger partial charge on any atom is -0.495 e. The molecule has 1 saturated heterocycles. The van der Waals surface area contributed by atoms with Crippen LogP contribution in [-0.4, -0.2) is 17.9 Å². The average Bonchev–Trinajstić information content (AvgIpc) is 2.55. The Kier molecular flexibility index (Phi) is 3.42. The maximum atomic E-state index is 6.43. The highest BCUT2D eigenvalue weighted by molar-refractivity contribution is 7.80. The van der Waals surface area contributed by atoms with Crippen molar-refractivity contribution in [1.82, 2.24) is 5.32 Å². The van der Waals surface area contributed by atoms with Crippen LogP contribution in [0.1, 0.15) is 30.5 Å². The van der Waals surface area contributed by atoms with Gasteiger partial charge in [0.2, 0.25) is 0 Å². The number of anilines is 1. The van der Waals surface area contributed by atoms with Gasteiger partial charge in [0.1, 0.15) is 11.5 Å². The summed E-state index contributed by atoms with van der Waals surface area (Å²) in [5, 5.41) is 4.14. The van der Waals surface area contributed by atoms with E-state index in [1.807, 2.05) is 35.2 Å². The van der Waals surface area contributed by atoms with E-state index in [-0.39, 0.29) is 6.04 Å². The van der Waals surface area contributed by atoms with Gasteiger partial charge in [-0.2, -0.15) is 0 Å². The van der Waals surface area contributed by atoms with E-state index < -0.39 is 5.72 Å². The number of ether oxygens (including phenoxy) is 2. The highest BCUT2D eigenvalue weighted by Crippen LogP contribution is 2.47. The van der Waals surface area contributed by atoms with Gasteiger partial charge in [0.15, 0.2) is 10.8 Å². The molecule has 24 heavy (non-hydrogen) atoms. The third kappa shape index (κ3) is 2.23. The summed E-state index contributed by atoms with van der Waals surface area (Å²) < 4.78 is 12.0. The maximum absolute atomic E-state index is 6.43. The zero-order valence-corrected chi connectivity index (χ0v) is 14.8. The lowest BCUT2D eigenvalue weighted by molar-refractivity contribution is 0.0493. The molecule has 2 atom stereocenters. The van der Waals surface area contributed by atoms with Crippen molar-refractivity contribution in [1.29, 1.82) is 0 Å². The largest absolute Gasteiger partial charge is 0.495 e. The fraction of sp³-hybridized carbons (Fsp3) is 0.316. The molecule has 124 valence electrons. The summed E-state index contributed by atoms with van der Waals surface area (Å²) in [6, 6.07) is 14.3. The van der Waals surface area contributed by atoms with Crippen molar-refractivity contribution in [3.63, 3.8) is 0 Å². The van der Waals surface area contributed by atoms with Gasteiger partial charge in [0.25, 0.3) is 0 Å². The van der Waals surface area contributed by atoms with Crippen molar-refractivity contribution >= 4 is 23.0 Å². The lowest BCUT2D eigenvalue weighted by atomic mass is 9.89. The molecule has 4 nitrogen and oxygen atoms in total. The average molecular weight is 340 g/mol. The Labute approximate surface area is 147 Å². The summed E-state index contributed by atoms with van der Waals surface area (Å²) in [4.78, 5) is 2.03. The van der Waals surface area contributed by atoms with E-state index in [2.05, 4.69) is 31.3 Å². The lowest BCUT2D eigenvalue weighted by Crippen LogP contribution is -2.65. The molecular formula is C19H20N2O2S. The van der Waals surface area contributed by atoms with E-state index in [4.69, 9.17) is 21.7 Å². The predicted octanol–water partition coefficient (Wildman–Crippen LogP) is 3.94. The molecule has 5 heteroatoms. The summed E-state index contributed by atoms with van der Waals surface area (Å²) in [5.74, 6) is 1.69. The molecule has 0 aliphatic carbocycles. The van der Waals surface area contributed by atoms with Gasteiger partial charge >= 0.3 is 0 Å². The van der Waals surface area contributed by atoms with Gasteiger partial charge in [-0.3, -0.25) is 4.90 Å². The molecule has 2 aliphatic rings. The minimum atomic E-state index is -0.552. The number of thiocarbonyl (C=S) groups is 1. The summed E-state index contributed by atoms with van der Waals surface area (Å²) in [6.45, 7) is 4.18. The molecule has 2 heterocycles. The number of hydrogen-bond donors (Lipinski definition) is 1. The Morgan fingerprint density at radius 2 is 2.08 bits per heavy atom. The second-order valence-electron chi connectivity index (χ2n) is 6.53. The molecule has 2 aliphatic heterocycles. The first-order valence-electron chi connectivity index (χ1n) is 8.05. The van der Waals surface area contributed by atoms with E-state index in [1.54, 1.807) is 7.11 Å². The highest BCUT2D eigenvalue weighted by atomic mass is 32.1. The zero-order valence-electron chi connectivity index (χ0n) is 14.0. The standard InChI is InChI=1S/C19H20N2O2S/c1-12-8-9-16-13(10-12)14-11-19(2,23-16)21(18(24)20-14)15-6-4-5-7-17(15)22-3/h4-10,14H,11H2,1-3H3,(H,20,24)/t14-,19+/m0/s1. The minimum absolute atomic E-state index is 0.164. The van der Waals surface area contributed by atoms with E-state index in [9.17, 15) is 0 Å². The van der Waals surface area contributed by atoms with Gasteiger partial charge in [-0.1, -0.05) is 29.8 Å². The molecule has 2 bridgehead atoms. The number of nitrogens with zero attached hydrogens (tertiary/aromatic N) is 1. The van der Waals surface area contributed by atoms with Crippen molar-refractivity contribution in [3.8, 4) is 11.5 Å². The van der Waals surface area contributed by atoms with Crippen LogP contribution in [0.25, 0.3) is 0 Å². The van der Waals surface area contributed by atoms with Crippen LogP contribution >= 0.6 is 12.2 Å². The van der Waals surface area contributed by atoms with Gasteiger partial charge in [-0.25, -0.2) is 0 Å². The summed E-state index contributed by atoms with van der Waals surface area (Å²) in [6.07, 6.45) is 0.807. The zero-order chi connectivity index (χ0) is 16.9. The normalized spacial score (nSPS) is 24.7. The Balaban J connectivity index is 1.82. The van der Waals surface area contributed by atoms with Crippen LogP contribution < -0.4 is 19.7 Å². The first-order chi connectivity index (χ1) is 11.5. The molecule has 0 amide bonds. The summed E-state index contributed by atoms with van der Waals surface area (Å²) in [7, 11) is 1.67. The highest BCUT2D eigenvalue weighted by Gasteiger charge is 2.48. The van der Waals surface area contributed by atoms with Gasteiger partial charge in [-0.05, 0) is 44.3 Å². The predicted molar refractivity (Wildman–Crippen MR) is 98.8 cm³/mol. The monoisotopic (exact) mass is 340 g/mol. The molecule has 2 aromatic carbocycles. The van der Waals surface area contributed by atoms with Crippen LogP contribution in [0.4, 0.5) is 5.69 Å². The van der Waals surface area contributed by atoms with Crippen LogP contribution in [0.3, 0.4) is 0 Å². The van der Waals surface area contributed by atoms with Crippen molar-refractivity contribution in [2.24, 2.45) is 0 Å². The van der Waals surface area contributed by atoms with Gasteiger partial charge in [0.05, 0.1) is 18.8 Å². The van der Waals surface area contributed by atoms with E-state index >= 15 is 0 Å². The van der Waals surface area contributed by atoms with Crippen LogP contribution in [0, 0.1) is 6.92 Å². The number of hydrogen-bond acceptors (Lipinski definition) is 3. The molecule has 0 spiro atoms. The van der Waals surface area contributed by atoms with Gasteiger partial charge in [-0.15, -0.1) is 0 Å². The molecular weight excluding hydrogens is 320 g/mol. The number of para-hydroxylation sites is 2. The van der Waals surface area contributed by atoms with Crippen molar-refractivity contribution in [2.75, 3.05) is 12.0 Å². The van der Waals surface area contributed by atoms with Gasteiger partial charge in [0, 0.05) is 12.0 Å². The molecule has 1 fully saturated rings. The number of nitrogens with one attached hydrogen (secondary N) is 1. The first-order valence-corrected chi connectivity index (χ1v) is 8.46. The third-order valence-corrected chi connectivity index (χ3v) is 5.05. The Hall–Kier alpha value is -2.27. The quantitative estimate of drug-likeness (QED) is 0.838. The van der Waals surface area contributed by atoms with Crippen LogP contribution in [0.15, 0.2) is 42.5 Å².